The summed E-state index contributed by atoms with van der Waals surface area (Å²) in [6, 6.07) is 0. The molecule has 0 unspecified atom stereocenters. The lowest BCUT2D eigenvalue weighted by atomic mass is 10.1. The number of hydrogen-bond acceptors (Lipinski definition) is 3. The molecular weight excluding hydrogens is 360 g/mol. The van der Waals surface area contributed by atoms with E-state index in [0.29, 0.717) is 19.7 Å². The maximum atomic E-state index is 11.9. The van der Waals surface area contributed by atoms with Gasteiger partial charge in [0.1, 0.15) is 6.73 Å². The Morgan fingerprint density at radius 2 is 1.45 bits per heavy atom. The fourth-order valence-electron chi connectivity index (χ4n) is 3.18. The van der Waals surface area contributed by atoms with Gasteiger partial charge in [0.15, 0.2) is 0 Å². The van der Waals surface area contributed by atoms with Crippen LogP contribution in [0.25, 0.3) is 0 Å². The first-order valence-corrected chi connectivity index (χ1v) is 12.1. The molecule has 0 aromatic heterocycles. The van der Waals surface area contributed by atoms with Crippen LogP contribution < -0.4 is 5.73 Å². The van der Waals surface area contributed by atoms with Crippen molar-refractivity contribution in [2.45, 2.75) is 104 Å². The minimum absolute atomic E-state index is 0.103. The predicted molar refractivity (Wildman–Crippen MR) is 126 cm³/mol. The number of carbonyl (C=O) groups excluding carboxylic acids is 1. The van der Waals surface area contributed by atoms with Crippen molar-refractivity contribution in [1.29, 1.82) is 0 Å². The molecule has 0 radical (unpaired) electrons. The standard InChI is InChI=1S/C25H48N2O2/c1-3-5-6-7-8-9-10-11-12-13-14-15-16-17-18-19-23-29-24-27(22-4-2)25(28)20-21-26/h8-9,11-12H,3-7,10,13-24,26H2,1-2H3/b9-8-,12-11-. The molecule has 1 amide bonds. The van der Waals surface area contributed by atoms with Crippen LogP contribution >= 0.6 is 0 Å². The number of ether oxygens (including phenoxy) is 1. The van der Waals surface area contributed by atoms with Gasteiger partial charge in [0.25, 0.3) is 0 Å². The Hall–Kier alpha value is -1.13. The zero-order valence-electron chi connectivity index (χ0n) is 19.4. The van der Waals surface area contributed by atoms with Crippen molar-refractivity contribution in [1.82, 2.24) is 4.90 Å². The van der Waals surface area contributed by atoms with Crippen LogP contribution in [0.1, 0.15) is 104 Å². The highest BCUT2D eigenvalue weighted by Crippen LogP contribution is 2.08. The van der Waals surface area contributed by atoms with E-state index in [4.69, 9.17) is 10.5 Å². The largest absolute Gasteiger partial charge is 0.361 e. The Morgan fingerprint density at radius 3 is 2.07 bits per heavy atom. The molecule has 0 fully saturated rings. The van der Waals surface area contributed by atoms with E-state index in [2.05, 4.69) is 38.2 Å². The minimum Gasteiger partial charge on any atom is -0.361 e. The van der Waals surface area contributed by atoms with E-state index < -0.39 is 0 Å². The molecule has 0 aliphatic rings. The molecule has 0 heterocycles. The molecule has 0 aromatic rings. The Morgan fingerprint density at radius 1 is 0.828 bits per heavy atom. The monoisotopic (exact) mass is 408 g/mol. The molecule has 0 aromatic carbocycles. The van der Waals surface area contributed by atoms with Crippen LogP contribution in [0.15, 0.2) is 24.3 Å². The van der Waals surface area contributed by atoms with Crippen LogP contribution in [-0.4, -0.2) is 37.2 Å². The number of nitrogens with zero attached hydrogens (tertiary/aromatic N) is 1. The van der Waals surface area contributed by atoms with E-state index in [-0.39, 0.29) is 5.91 Å². The molecular formula is C25H48N2O2. The highest BCUT2D eigenvalue weighted by Gasteiger charge is 2.11. The smallest absolute Gasteiger partial charge is 0.225 e. The van der Waals surface area contributed by atoms with E-state index in [1.807, 2.05) is 0 Å². The number of nitrogens with two attached hydrogens (primary N) is 1. The van der Waals surface area contributed by atoms with E-state index in [1.165, 1.54) is 64.2 Å². The van der Waals surface area contributed by atoms with Gasteiger partial charge in [0, 0.05) is 26.1 Å². The summed E-state index contributed by atoms with van der Waals surface area (Å²) in [5, 5.41) is 0. The van der Waals surface area contributed by atoms with Crippen molar-refractivity contribution >= 4 is 5.91 Å². The van der Waals surface area contributed by atoms with Crippen LogP contribution in [0.2, 0.25) is 0 Å². The third kappa shape index (κ3) is 19.9. The van der Waals surface area contributed by atoms with Gasteiger partial charge in [-0.3, -0.25) is 4.79 Å². The van der Waals surface area contributed by atoms with Gasteiger partial charge in [0.05, 0.1) is 0 Å². The first-order chi connectivity index (χ1) is 14.3. The Labute approximate surface area is 180 Å². The Balaban J connectivity index is 3.42. The molecule has 0 rings (SSSR count). The second kappa shape index (κ2) is 23.2. The quantitative estimate of drug-likeness (QED) is 0.136. The molecule has 4 nitrogen and oxygen atoms in total. The Kier molecular flexibility index (Phi) is 22.2. The van der Waals surface area contributed by atoms with E-state index in [0.717, 1.165) is 32.4 Å². The zero-order valence-corrected chi connectivity index (χ0v) is 19.4. The summed E-state index contributed by atoms with van der Waals surface area (Å²) in [6.07, 6.45) is 25.6. The molecule has 0 aliphatic heterocycles. The normalized spacial score (nSPS) is 11.7. The van der Waals surface area contributed by atoms with Crippen LogP contribution in [0, 0.1) is 0 Å². The molecule has 0 aliphatic carbocycles. The van der Waals surface area contributed by atoms with E-state index in [1.54, 1.807) is 4.90 Å². The van der Waals surface area contributed by atoms with Gasteiger partial charge in [-0.15, -0.1) is 0 Å². The minimum atomic E-state index is 0.103. The van der Waals surface area contributed by atoms with Gasteiger partial charge in [-0.1, -0.05) is 76.7 Å². The van der Waals surface area contributed by atoms with Gasteiger partial charge in [-0.25, -0.2) is 0 Å². The van der Waals surface area contributed by atoms with E-state index in [9.17, 15) is 4.79 Å². The van der Waals surface area contributed by atoms with E-state index >= 15 is 0 Å². The van der Waals surface area contributed by atoms with Crippen molar-refractivity contribution < 1.29 is 9.53 Å². The summed E-state index contributed by atoms with van der Waals surface area (Å²) in [7, 11) is 0. The van der Waals surface area contributed by atoms with Gasteiger partial charge in [-0.05, 0) is 44.9 Å². The zero-order chi connectivity index (χ0) is 21.4. The van der Waals surface area contributed by atoms with Gasteiger partial charge < -0.3 is 15.4 Å². The average molecular weight is 409 g/mol. The lowest BCUT2D eigenvalue weighted by Gasteiger charge is -2.21. The molecule has 0 atom stereocenters. The fourth-order valence-corrected chi connectivity index (χ4v) is 3.18. The molecule has 0 spiro atoms. The maximum Gasteiger partial charge on any atom is 0.225 e. The lowest BCUT2D eigenvalue weighted by Crippen LogP contribution is -2.35. The summed E-state index contributed by atoms with van der Waals surface area (Å²) in [5.41, 5.74) is 5.47. The third-order valence-corrected chi connectivity index (χ3v) is 4.94. The number of amides is 1. The van der Waals surface area contributed by atoms with Gasteiger partial charge in [-0.2, -0.15) is 0 Å². The molecule has 170 valence electrons. The number of hydrogen-bond donors (Lipinski definition) is 1. The molecule has 4 heteroatoms. The summed E-state index contributed by atoms with van der Waals surface area (Å²) < 4.78 is 5.68. The molecule has 0 bridgehead atoms. The topological polar surface area (TPSA) is 55.6 Å². The van der Waals surface area contributed by atoms with Gasteiger partial charge >= 0.3 is 0 Å². The third-order valence-electron chi connectivity index (χ3n) is 4.94. The first kappa shape index (κ1) is 27.9. The van der Waals surface area contributed by atoms with Crippen molar-refractivity contribution in [2.24, 2.45) is 5.73 Å². The predicted octanol–water partition coefficient (Wildman–Crippen LogP) is 6.36. The lowest BCUT2D eigenvalue weighted by molar-refractivity contribution is -0.136. The number of allylic oxidation sites excluding steroid dienone is 4. The number of rotatable bonds is 21. The molecule has 2 N–H and O–H groups in total. The van der Waals surface area contributed by atoms with Crippen LogP contribution in [0.5, 0.6) is 0 Å². The molecule has 0 saturated carbocycles. The summed E-state index contributed by atoms with van der Waals surface area (Å²) >= 11 is 0. The van der Waals surface area contributed by atoms with Gasteiger partial charge in [0.2, 0.25) is 5.91 Å². The van der Waals surface area contributed by atoms with Crippen LogP contribution in [0.4, 0.5) is 0 Å². The SMILES string of the molecule is CCCCC/C=C\C/C=C\CCCCCCCCOCN(CCC)C(=O)CCN. The van der Waals surface area contributed by atoms with Crippen molar-refractivity contribution in [3.63, 3.8) is 0 Å². The van der Waals surface area contributed by atoms with Crippen molar-refractivity contribution in [3.8, 4) is 0 Å². The second-order valence-electron chi connectivity index (χ2n) is 7.82. The average Bonchev–Trinajstić information content (AvgIpc) is 2.72. The fraction of sp³-hybridized carbons (Fsp3) is 0.800. The number of unbranched alkanes of at least 4 members (excludes halogenated alkanes) is 9. The summed E-state index contributed by atoms with van der Waals surface area (Å²) in [4.78, 5) is 13.7. The summed E-state index contributed by atoms with van der Waals surface area (Å²) in [5.74, 6) is 0.103. The number of carbonyl (C=O) groups is 1. The van der Waals surface area contributed by atoms with Crippen LogP contribution in [-0.2, 0) is 9.53 Å². The Bertz CT molecular complexity index is 408. The first-order valence-electron chi connectivity index (χ1n) is 12.1. The molecule has 0 saturated heterocycles. The maximum absolute atomic E-state index is 11.9. The summed E-state index contributed by atoms with van der Waals surface area (Å²) in [6.45, 7) is 6.63. The highest BCUT2D eigenvalue weighted by molar-refractivity contribution is 5.76. The van der Waals surface area contributed by atoms with Crippen molar-refractivity contribution in [3.05, 3.63) is 24.3 Å². The van der Waals surface area contributed by atoms with Crippen LogP contribution in [0.3, 0.4) is 0 Å². The highest BCUT2D eigenvalue weighted by atomic mass is 16.5. The molecule has 29 heavy (non-hydrogen) atoms. The van der Waals surface area contributed by atoms with Crippen molar-refractivity contribution in [2.75, 3.05) is 26.4 Å². The second-order valence-corrected chi connectivity index (χ2v) is 7.82.